The Morgan fingerprint density at radius 3 is 2.30 bits per heavy atom. The van der Waals surface area contributed by atoms with Gasteiger partial charge in [-0.25, -0.2) is 0 Å². The maximum Gasteiger partial charge on any atom is 0.234 e. The highest BCUT2D eigenvalue weighted by Crippen LogP contribution is 2.23. The van der Waals surface area contributed by atoms with E-state index >= 15 is 0 Å². The summed E-state index contributed by atoms with van der Waals surface area (Å²) in [6.07, 6.45) is 5.22. The second-order valence-corrected chi connectivity index (χ2v) is 7.03. The van der Waals surface area contributed by atoms with Crippen LogP contribution < -0.4 is 10.6 Å². The van der Waals surface area contributed by atoms with Crippen LogP contribution in [0.15, 0.2) is 0 Å². The molecule has 1 saturated heterocycles. The molecular formula is C17H32N4O2. The second kappa shape index (κ2) is 9.23. The van der Waals surface area contributed by atoms with Gasteiger partial charge in [-0.05, 0) is 38.6 Å². The number of carbonyl (C=O) groups excluding carboxylic acids is 2. The molecule has 0 bridgehead atoms. The molecule has 2 aliphatic rings. The summed E-state index contributed by atoms with van der Waals surface area (Å²) in [7, 11) is 1.86. The predicted molar refractivity (Wildman–Crippen MR) is 91.1 cm³/mol. The molecule has 0 atom stereocenters. The van der Waals surface area contributed by atoms with Gasteiger partial charge in [-0.2, -0.15) is 0 Å². The van der Waals surface area contributed by atoms with Crippen LogP contribution in [0, 0.1) is 5.92 Å². The van der Waals surface area contributed by atoms with Gasteiger partial charge in [0, 0.05) is 45.2 Å². The predicted octanol–water partition coefficient (Wildman–Crippen LogP) is 0.435. The largest absolute Gasteiger partial charge is 0.352 e. The van der Waals surface area contributed by atoms with E-state index in [-0.39, 0.29) is 11.8 Å². The molecule has 132 valence electrons. The first-order chi connectivity index (χ1) is 11.1. The Bertz CT molecular complexity index is 386. The smallest absolute Gasteiger partial charge is 0.234 e. The number of piperazine rings is 1. The standard InChI is InChI=1S/C17H32N4O2/c1-14-3-5-15(6-4-14)19-16(22)13-20-9-11-21(12-10-20)17(23)7-8-18-2/h14-15,18H,3-13H2,1-2H3,(H,19,22). The molecule has 0 radical (unpaired) electrons. The highest BCUT2D eigenvalue weighted by atomic mass is 16.2. The first-order valence-corrected chi connectivity index (χ1v) is 9.02. The van der Waals surface area contributed by atoms with E-state index in [1.165, 1.54) is 12.8 Å². The average molecular weight is 324 g/mol. The molecule has 1 saturated carbocycles. The fourth-order valence-corrected chi connectivity index (χ4v) is 3.43. The number of hydrogen-bond donors (Lipinski definition) is 2. The van der Waals surface area contributed by atoms with Gasteiger partial charge in [-0.3, -0.25) is 14.5 Å². The third-order valence-electron chi connectivity index (χ3n) is 5.06. The minimum absolute atomic E-state index is 0.138. The summed E-state index contributed by atoms with van der Waals surface area (Å²) in [6.45, 7) is 6.52. The van der Waals surface area contributed by atoms with Gasteiger partial charge in [0.25, 0.3) is 0 Å². The monoisotopic (exact) mass is 324 g/mol. The van der Waals surface area contributed by atoms with Crippen molar-refractivity contribution >= 4 is 11.8 Å². The van der Waals surface area contributed by atoms with E-state index in [0.29, 0.717) is 19.0 Å². The van der Waals surface area contributed by atoms with Crippen LogP contribution in [0.25, 0.3) is 0 Å². The highest BCUT2D eigenvalue weighted by Gasteiger charge is 2.24. The highest BCUT2D eigenvalue weighted by molar-refractivity contribution is 5.78. The third-order valence-corrected chi connectivity index (χ3v) is 5.06. The first kappa shape index (κ1) is 18.2. The van der Waals surface area contributed by atoms with Crippen molar-refractivity contribution in [1.29, 1.82) is 0 Å². The molecular weight excluding hydrogens is 292 g/mol. The molecule has 6 heteroatoms. The second-order valence-electron chi connectivity index (χ2n) is 7.03. The van der Waals surface area contributed by atoms with E-state index in [2.05, 4.69) is 22.5 Å². The van der Waals surface area contributed by atoms with Crippen molar-refractivity contribution in [3.63, 3.8) is 0 Å². The maximum atomic E-state index is 12.2. The van der Waals surface area contributed by atoms with Crippen LogP contribution in [0.5, 0.6) is 0 Å². The zero-order chi connectivity index (χ0) is 16.7. The van der Waals surface area contributed by atoms with Gasteiger partial charge in [0.05, 0.1) is 6.54 Å². The van der Waals surface area contributed by atoms with E-state index in [9.17, 15) is 9.59 Å². The number of rotatable bonds is 6. The zero-order valence-electron chi connectivity index (χ0n) is 14.6. The number of nitrogens with zero attached hydrogens (tertiary/aromatic N) is 2. The van der Waals surface area contributed by atoms with Crippen LogP contribution in [0.4, 0.5) is 0 Å². The van der Waals surface area contributed by atoms with Crippen molar-refractivity contribution in [2.24, 2.45) is 5.92 Å². The van der Waals surface area contributed by atoms with E-state index in [4.69, 9.17) is 0 Å². The molecule has 2 rings (SSSR count). The van der Waals surface area contributed by atoms with Crippen LogP contribution in [0.1, 0.15) is 39.0 Å². The van der Waals surface area contributed by atoms with Gasteiger partial charge in [-0.15, -0.1) is 0 Å². The van der Waals surface area contributed by atoms with Crippen molar-refractivity contribution < 1.29 is 9.59 Å². The fourth-order valence-electron chi connectivity index (χ4n) is 3.43. The van der Waals surface area contributed by atoms with Crippen LogP contribution in [-0.2, 0) is 9.59 Å². The summed E-state index contributed by atoms with van der Waals surface area (Å²) >= 11 is 0. The molecule has 1 heterocycles. The summed E-state index contributed by atoms with van der Waals surface area (Å²) in [4.78, 5) is 28.2. The van der Waals surface area contributed by atoms with Gasteiger partial charge >= 0.3 is 0 Å². The summed E-state index contributed by atoms with van der Waals surface area (Å²) in [5.41, 5.74) is 0. The lowest BCUT2D eigenvalue weighted by Crippen LogP contribution is -2.52. The topological polar surface area (TPSA) is 64.7 Å². The Morgan fingerprint density at radius 1 is 1.04 bits per heavy atom. The molecule has 2 amide bonds. The Morgan fingerprint density at radius 2 is 1.70 bits per heavy atom. The van der Waals surface area contributed by atoms with Crippen LogP contribution in [-0.4, -0.2) is 74.0 Å². The summed E-state index contributed by atoms with van der Waals surface area (Å²) in [6, 6.07) is 0.364. The molecule has 0 spiro atoms. The Kier molecular flexibility index (Phi) is 7.30. The fraction of sp³-hybridized carbons (Fsp3) is 0.882. The number of amides is 2. The molecule has 1 aliphatic carbocycles. The number of hydrogen-bond acceptors (Lipinski definition) is 4. The lowest BCUT2D eigenvalue weighted by Gasteiger charge is -2.35. The van der Waals surface area contributed by atoms with Crippen molar-refractivity contribution in [2.75, 3.05) is 46.3 Å². The Hall–Kier alpha value is -1.14. The lowest BCUT2D eigenvalue weighted by atomic mass is 9.87. The molecule has 1 aliphatic heterocycles. The summed E-state index contributed by atoms with van der Waals surface area (Å²) in [5, 5.41) is 6.18. The van der Waals surface area contributed by atoms with E-state index in [1.807, 2.05) is 11.9 Å². The summed E-state index contributed by atoms with van der Waals surface area (Å²) in [5.74, 6) is 1.15. The molecule has 0 unspecified atom stereocenters. The van der Waals surface area contributed by atoms with Crippen LogP contribution >= 0.6 is 0 Å². The molecule has 6 nitrogen and oxygen atoms in total. The summed E-state index contributed by atoms with van der Waals surface area (Å²) < 4.78 is 0. The lowest BCUT2D eigenvalue weighted by molar-refractivity contribution is -0.133. The minimum Gasteiger partial charge on any atom is -0.352 e. The molecule has 0 aromatic carbocycles. The van der Waals surface area contributed by atoms with Crippen molar-refractivity contribution in [2.45, 2.75) is 45.1 Å². The van der Waals surface area contributed by atoms with Gasteiger partial charge in [0.15, 0.2) is 0 Å². The Labute approximate surface area is 140 Å². The van der Waals surface area contributed by atoms with Crippen molar-refractivity contribution in [3.05, 3.63) is 0 Å². The number of carbonyl (C=O) groups is 2. The quantitative estimate of drug-likeness (QED) is 0.744. The molecule has 2 N–H and O–H groups in total. The first-order valence-electron chi connectivity index (χ1n) is 9.02. The van der Waals surface area contributed by atoms with E-state index in [0.717, 1.165) is 51.5 Å². The third kappa shape index (κ3) is 6.11. The van der Waals surface area contributed by atoms with E-state index < -0.39 is 0 Å². The van der Waals surface area contributed by atoms with Crippen molar-refractivity contribution in [1.82, 2.24) is 20.4 Å². The Balaban J connectivity index is 1.63. The maximum absolute atomic E-state index is 12.2. The van der Waals surface area contributed by atoms with Crippen molar-refractivity contribution in [3.8, 4) is 0 Å². The van der Waals surface area contributed by atoms with Gasteiger partial charge in [-0.1, -0.05) is 6.92 Å². The molecule has 23 heavy (non-hydrogen) atoms. The van der Waals surface area contributed by atoms with E-state index in [1.54, 1.807) is 0 Å². The van der Waals surface area contributed by atoms with Gasteiger partial charge in [0.2, 0.25) is 11.8 Å². The van der Waals surface area contributed by atoms with Crippen LogP contribution in [0.2, 0.25) is 0 Å². The van der Waals surface area contributed by atoms with Crippen LogP contribution in [0.3, 0.4) is 0 Å². The van der Waals surface area contributed by atoms with Gasteiger partial charge in [0.1, 0.15) is 0 Å². The average Bonchev–Trinajstić information content (AvgIpc) is 2.55. The molecule has 0 aromatic rings. The molecule has 2 fully saturated rings. The number of nitrogens with one attached hydrogen (secondary N) is 2. The minimum atomic E-state index is 0.138. The van der Waals surface area contributed by atoms with Gasteiger partial charge < -0.3 is 15.5 Å². The zero-order valence-corrected chi connectivity index (χ0v) is 14.6. The normalized spacial score (nSPS) is 26.1. The molecule has 0 aromatic heterocycles. The SMILES string of the molecule is CNCCC(=O)N1CCN(CC(=O)NC2CCC(C)CC2)CC1.